The molecule has 0 saturated heterocycles. The lowest BCUT2D eigenvalue weighted by Gasteiger charge is -2.23. The molecule has 7 nitrogen and oxygen atoms in total. The van der Waals surface area contributed by atoms with Crippen molar-refractivity contribution in [3.8, 4) is 11.8 Å². The number of aliphatic hydroxyl groups is 1. The lowest BCUT2D eigenvalue weighted by atomic mass is 9.90. The lowest BCUT2D eigenvalue weighted by Crippen LogP contribution is -2.29. The number of ether oxygens (including phenoxy) is 2. The second-order valence-electron chi connectivity index (χ2n) is 5.81. The summed E-state index contributed by atoms with van der Waals surface area (Å²) in [5, 5.41) is 29.8. The van der Waals surface area contributed by atoms with E-state index in [1.165, 1.54) is 4.57 Å². The van der Waals surface area contributed by atoms with E-state index < -0.39 is 17.7 Å². The summed E-state index contributed by atoms with van der Waals surface area (Å²) in [6.45, 7) is 5.17. The summed E-state index contributed by atoms with van der Waals surface area (Å²) in [6.07, 6.45) is 3.38. The molecule has 2 atom stereocenters. The maximum Gasteiger partial charge on any atom is 0.333 e. The van der Waals surface area contributed by atoms with Crippen molar-refractivity contribution in [2.24, 2.45) is 0 Å². The summed E-state index contributed by atoms with van der Waals surface area (Å²) in [4.78, 5) is 11.6. The summed E-state index contributed by atoms with van der Waals surface area (Å²) in [6, 6.07) is 0. The van der Waals surface area contributed by atoms with E-state index in [1.54, 1.807) is 19.1 Å². The Morgan fingerprint density at radius 3 is 2.87 bits per heavy atom. The summed E-state index contributed by atoms with van der Waals surface area (Å²) in [5.74, 6) is -0.769. The third-order valence-corrected chi connectivity index (χ3v) is 4.14. The van der Waals surface area contributed by atoms with E-state index in [0.717, 1.165) is 0 Å². The molecule has 0 saturated carbocycles. The highest BCUT2D eigenvalue weighted by Gasteiger charge is 2.53. The molecule has 124 valence electrons. The van der Waals surface area contributed by atoms with Crippen molar-refractivity contribution in [2.45, 2.75) is 31.6 Å². The molecule has 2 unspecified atom stereocenters. The Bertz CT molecular complexity index is 704. The fourth-order valence-electron chi connectivity index (χ4n) is 3.04. The van der Waals surface area contributed by atoms with Crippen LogP contribution in [0.3, 0.4) is 0 Å². The van der Waals surface area contributed by atoms with Crippen molar-refractivity contribution in [3.63, 3.8) is 0 Å². The van der Waals surface area contributed by atoms with Crippen molar-refractivity contribution in [2.75, 3.05) is 13.2 Å². The third-order valence-electron chi connectivity index (χ3n) is 4.14. The number of aromatic nitrogens is 1. The Morgan fingerprint density at radius 1 is 1.48 bits per heavy atom. The van der Waals surface area contributed by atoms with Crippen LogP contribution in [0, 0.1) is 0 Å². The highest BCUT2D eigenvalue weighted by molar-refractivity contribution is 5.87. The number of hydrogen-bond acceptors (Lipinski definition) is 6. The average molecular weight is 321 g/mol. The van der Waals surface area contributed by atoms with E-state index in [4.69, 9.17) is 14.6 Å². The van der Waals surface area contributed by atoms with Crippen LogP contribution >= 0.6 is 0 Å². The number of carbonyl (C=O) groups is 1. The number of aromatic hydroxyl groups is 2. The molecule has 0 spiro atoms. The van der Waals surface area contributed by atoms with E-state index >= 15 is 0 Å². The average Bonchev–Trinajstić information content (AvgIpc) is 3.15. The molecule has 0 aromatic carbocycles. The Kier molecular flexibility index (Phi) is 3.69. The molecular formula is C16H19NO6. The first kappa shape index (κ1) is 15.6. The maximum absolute atomic E-state index is 11.6. The van der Waals surface area contributed by atoms with Crippen molar-refractivity contribution in [1.82, 2.24) is 4.57 Å². The fourth-order valence-corrected chi connectivity index (χ4v) is 3.04. The van der Waals surface area contributed by atoms with Gasteiger partial charge in [-0.05, 0) is 19.4 Å². The lowest BCUT2D eigenvalue weighted by molar-refractivity contribution is -0.147. The van der Waals surface area contributed by atoms with Crippen LogP contribution in [0.4, 0.5) is 0 Å². The predicted octanol–water partition coefficient (Wildman–Crippen LogP) is 1.24. The topological polar surface area (TPSA) is 101 Å². The van der Waals surface area contributed by atoms with Gasteiger partial charge in [0, 0.05) is 18.7 Å². The SMILES string of the molecule is C=C(C)C(=O)OCC12C=CC(O1)c1c2c(O)n(CCCO)c1O. The second kappa shape index (κ2) is 5.43. The standard InChI is InChI=1S/C16H19NO6/c1-9(2)15(21)22-8-16-5-4-10(23-16)11-12(16)14(20)17(13(11)19)6-3-7-18/h4-5,10,18-20H,1,3,6-8H2,2H3. The monoisotopic (exact) mass is 321 g/mol. The van der Waals surface area contributed by atoms with Gasteiger partial charge in [-0.25, -0.2) is 4.79 Å². The summed E-state index contributed by atoms with van der Waals surface area (Å²) in [5.41, 5.74) is 0.0620. The number of rotatable bonds is 6. The van der Waals surface area contributed by atoms with Crippen LogP contribution in [0.15, 0.2) is 24.3 Å². The highest BCUT2D eigenvalue weighted by atomic mass is 16.6. The third kappa shape index (κ3) is 2.24. The van der Waals surface area contributed by atoms with E-state index in [2.05, 4.69) is 6.58 Å². The molecule has 3 N–H and O–H groups in total. The Hall–Kier alpha value is -2.25. The molecular weight excluding hydrogens is 302 g/mol. The minimum absolute atomic E-state index is 0.0543. The van der Waals surface area contributed by atoms with Gasteiger partial charge in [0.05, 0.1) is 11.1 Å². The minimum Gasteiger partial charge on any atom is -0.494 e. The van der Waals surface area contributed by atoms with Gasteiger partial charge in [-0.2, -0.15) is 0 Å². The van der Waals surface area contributed by atoms with Crippen molar-refractivity contribution >= 4 is 5.97 Å². The van der Waals surface area contributed by atoms with E-state index in [0.29, 0.717) is 17.5 Å². The van der Waals surface area contributed by atoms with Gasteiger partial charge >= 0.3 is 5.97 Å². The van der Waals surface area contributed by atoms with Crippen LogP contribution in [0.1, 0.15) is 30.6 Å². The van der Waals surface area contributed by atoms with Gasteiger partial charge in [0.2, 0.25) is 11.8 Å². The number of hydrogen-bond donors (Lipinski definition) is 3. The predicted molar refractivity (Wildman–Crippen MR) is 79.9 cm³/mol. The fraction of sp³-hybridized carbons (Fsp3) is 0.438. The molecule has 1 aromatic heterocycles. The maximum atomic E-state index is 11.6. The van der Waals surface area contributed by atoms with Gasteiger partial charge in [-0.3, -0.25) is 4.57 Å². The van der Waals surface area contributed by atoms with Crippen LogP contribution < -0.4 is 0 Å². The van der Waals surface area contributed by atoms with Gasteiger partial charge in [-0.15, -0.1) is 0 Å². The van der Waals surface area contributed by atoms with Gasteiger partial charge in [0.25, 0.3) is 0 Å². The molecule has 7 heteroatoms. The van der Waals surface area contributed by atoms with Gasteiger partial charge < -0.3 is 24.8 Å². The molecule has 3 rings (SSSR count). The van der Waals surface area contributed by atoms with Gasteiger partial charge in [0.15, 0.2) is 5.60 Å². The van der Waals surface area contributed by atoms with Gasteiger partial charge in [0.1, 0.15) is 12.7 Å². The molecule has 0 aliphatic carbocycles. The zero-order chi connectivity index (χ0) is 16.8. The van der Waals surface area contributed by atoms with Crippen LogP contribution in [0.5, 0.6) is 11.8 Å². The van der Waals surface area contributed by atoms with Crippen molar-refractivity contribution < 1.29 is 29.6 Å². The molecule has 0 amide bonds. The van der Waals surface area contributed by atoms with Crippen molar-refractivity contribution in [3.05, 3.63) is 35.4 Å². The quantitative estimate of drug-likeness (QED) is 0.414. The zero-order valence-corrected chi connectivity index (χ0v) is 12.8. The van der Waals surface area contributed by atoms with Crippen LogP contribution in [-0.2, 0) is 26.4 Å². The van der Waals surface area contributed by atoms with E-state index in [1.807, 2.05) is 0 Å². The molecule has 2 bridgehead atoms. The molecule has 2 aliphatic heterocycles. The first-order chi connectivity index (χ1) is 10.9. The van der Waals surface area contributed by atoms with E-state index in [-0.39, 0.29) is 37.1 Å². The highest BCUT2D eigenvalue weighted by Crippen LogP contribution is 2.57. The molecule has 23 heavy (non-hydrogen) atoms. The summed E-state index contributed by atoms with van der Waals surface area (Å²) < 4.78 is 12.3. The Labute approximate surface area is 133 Å². The van der Waals surface area contributed by atoms with Crippen LogP contribution in [-0.4, -0.2) is 39.1 Å². The van der Waals surface area contributed by atoms with E-state index in [9.17, 15) is 15.0 Å². The number of esters is 1. The molecule has 0 fully saturated rings. The molecule has 2 aliphatic rings. The first-order valence-corrected chi connectivity index (χ1v) is 7.36. The van der Waals surface area contributed by atoms with Crippen LogP contribution in [0.2, 0.25) is 0 Å². The smallest absolute Gasteiger partial charge is 0.333 e. The normalized spacial score (nSPS) is 24.0. The summed E-state index contributed by atoms with van der Waals surface area (Å²) in [7, 11) is 0. The summed E-state index contributed by atoms with van der Waals surface area (Å²) >= 11 is 0. The first-order valence-electron chi connectivity index (χ1n) is 7.36. The minimum atomic E-state index is -1.10. The van der Waals surface area contributed by atoms with Crippen LogP contribution in [0.25, 0.3) is 0 Å². The Morgan fingerprint density at radius 2 is 2.22 bits per heavy atom. The molecule has 0 radical (unpaired) electrons. The number of fused-ring (bicyclic) bond motifs is 5. The number of nitrogens with zero attached hydrogens (tertiary/aromatic N) is 1. The van der Waals surface area contributed by atoms with Crippen molar-refractivity contribution in [1.29, 1.82) is 0 Å². The Balaban J connectivity index is 1.94. The number of aliphatic hydroxyl groups excluding tert-OH is 1. The zero-order valence-electron chi connectivity index (χ0n) is 12.8. The van der Waals surface area contributed by atoms with Gasteiger partial charge in [-0.1, -0.05) is 12.7 Å². The molecule has 1 aromatic rings. The number of carbonyl (C=O) groups excluding carboxylic acids is 1. The second-order valence-corrected chi connectivity index (χ2v) is 5.81. The largest absolute Gasteiger partial charge is 0.494 e. The molecule has 3 heterocycles.